The highest BCUT2D eigenvalue weighted by Crippen LogP contribution is 2.21. The van der Waals surface area contributed by atoms with Crippen molar-refractivity contribution in [1.82, 2.24) is 15.1 Å². The summed E-state index contributed by atoms with van der Waals surface area (Å²) in [5, 5.41) is 8.98. The van der Waals surface area contributed by atoms with Crippen LogP contribution < -0.4 is 5.32 Å². The first kappa shape index (κ1) is 12.9. The highest BCUT2D eigenvalue weighted by atomic mass is 15.3. The first-order valence-corrected chi connectivity index (χ1v) is 7.04. The van der Waals surface area contributed by atoms with Crippen molar-refractivity contribution in [2.75, 3.05) is 7.05 Å². The average Bonchev–Trinajstić information content (AvgIpc) is 2.93. The van der Waals surface area contributed by atoms with Gasteiger partial charge in [-0.2, -0.15) is 5.10 Å². The Hall–Kier alpha value is -2.13. The lowest BCUT2D eigenvalue weighted by Crippen LogP contribution is -2.15. The molecule has 0 aliphatic rings. The third-order valence-corrected chi connectivity index (χ3v) is 3.77. The molecule has 3 rings (SSSR count). The predicted octanol–water partition coefficient (Wildman–Crippen LogP) is 3.70. The highest BCUT2D eigenvalue weighted by Gasteiger charge is 2.08. The van der Waals surface area contributed by atoms with E-state index in [1.807, 2.05) is 30.1 Å². The van der Waals surface area contributed by atoms with Crippen LogP contribution in [0.2, 0.25) is 0 Å². The fourth-order valence-corrected chi connectivity index (χ4v) is 2.63. The molecular formula is C17H19N3. The molecule has 20 heavy (non-hydrogen) atoms. The van der Waals surface area contributed by atoms with Gasteiger partial charge in [-0.1, -0.05) is 37.3 Å². The number of fused-ring (bicyclic) bond motifs is 1. The van der Waals surface area contributed by atoms with Crippen LogP contribution in [0.3, 0.4) is 0 Å². The molecule has 1 N–H and O–H groups in total. The zero-order valence-corrected chi connectivity index (χ0v) is 11.9. The third-order valence-electron chi connectivity index (χ3n) is 3.77. The molecule has 102 valence electrons. The van der Waals surface area contributed by atoms with Crippen LogP contribution in [0, 0.1) is 0 Å². The van der Waals surface area contributed by atoms with Crippen molar-refractivity contribution in [3.63, 3.8) is 0 Å². The average molecular weight is 265 g/mol. The molecule has 0 aliphatic carbocycles. The van der Waals surface area contributed by atoms with Gasteiger partial charge in [-0.3, -0.25) is 0 Å². The van der Waals surface area contributed by atoms with Gasteiger partial charge in [0.2, 0.25) is 0 Å². The molecule has 0 aliphatic heterocycles. The molecule has 2 aromatic carbocycles. The van der Waals surface area contributed by atoms with Crippen LogP contribution in [0.4, 0.5) is 0 Å². The largest absolute Gasteiger partial charge is 0.313 e. The normalized spacial score (nSPS) is 12.7. The van der Waals surface area contributed by atoms with E-state index in [0.717, 1.165) is 17.6 Å². The maximum atomic E-state index is 4.48. The summed E-state index contributed by atoms with van der Waals surface area (Å²) in [6.45, 7) is 2.19. The van der Waals surface area contributed by atoms with Gasteiger partial charge in [-0.25, -0.2) is 4.68 Å². The van der Waals surface area contributed by atoms with Crippen LogP contribution in [0.15, 0.2) is 54.7 Å². The SMILES string of the molecule is CCC(NC)c1ccc(-n2ncc3ccccc32)cc1. The third kappa shape index (κ3) is 2.21. The summed E-state index contributed by atoms with van der Waals surface area (Å²) in [5.41, 5.74) is 3.55. The van der Waals surface area contributed by atoms with Crippen LogP contribution in [-0.4, -0.2) is 16.8 Å². The van der Waals surface area contributed by atoms with Crippen molar-refractivity contribution < 1.29 is 0 Å². The number of hydrogen-bond donors (Lipinski definition) is 1. The monoisotopic (exact) mass is 265 g/mol. The molecule has 1 aromatic heterocycles. The van der Waals surface area contributed by atoms with Crippen LogP contribution in [0.25, 0.3) is 16.6 Å². The van der Waals surface area contributed by atoms with Crippen molar-refractivity contribution in [3.8, 4) is 5.69 Å². The van der Waals surface area contributed by atoms with E-state index in [-0.39, 0.29) is 0 Å². The van der Waals surface area contributed by atoms with E-state index in [1.165, 1.54) is 10.9 Å². The van der Waals surface area contributed by atoms with Crippen molar-refractivity contribution in [3.05, 3.63) is 60.3 Å². The van der Waals surface area contributed by atoms with Gasteiger partial charge in [0.05, 0.1) is 17.4 Å². The quantitative estimate of drug-likeness (QED) is 0.779. The summed E-state index contributed by atoms with van der Waals surface area (Å²) in [7, 11) is 2.00. The fraction of sp³-hybridized carbons (Fsp3) is 0.235. The van der Waals surface area contributed by atoms with E-state index in [2.05, 4.69) is 53.7 Å². The second kappa shape index (κ2) is 5.47. The fourth-order valence-electron chi connectivity index (χ4n) is 2.63. The van der Waals surface area contributed by atoms with Crippen molar-refractivity contribution >= 4 is 10.9 Å². The molecule has 0 saturated heterocycles. The van der Waals surface area contributed by atoms with Gasteiger partial charge in [0, 0.05) is 11.4 Å². The molecule has 0 amide bonds. The molecule has 3 nitrogen and oxygen atoms in total. The molecule has 1 unspecified atom stereocenters. The van der Waals surface area contributed by atoms with E-state index >= 15 is 0 Å². The molecular weight excluding hydrogens is 246 g/mol. The predicted molar refractivity (Wildman–Crippen MR) is 83.2 cm³/mol. The van der Waals surface area contributed by atoms with Crippen LogP contribution in [-0.2, 0) is 0 Å². The van der Waals surface area contributed by atoms with Gasteiger partial charge in [0.1, 0.15) is 0 Å². The Kier molecular flexibility index (Phi) is 3.52. The minimum atomic E-state index is 0.415. The van der Waals surface area contributed by atoms with E-state index in [1.54, 1.807) is 0 Å². The molecule has 1 heterocycles. The summed E-state index contributed by atoms with van der Waals surface area (Å²) < 4.78 is 1.99. The van der Waals surface area contributed by atoms with Crippen LogP contribution in [0.1, 0.15) is 24.9 Å². The summed E-state index contributed by atoms with van der Waals surface area (Å²) in [4.78, 5) is 0. The first-order valence-electron chi connectivity index (χ1n) is 7.04. The molecule has 3 aromatic rings. The summed E-state index contributed by atoms with van der Waals surface area (Å²) in [5.74, 6) is 0. The Morgan fingerprint density at radius 3 is 2.55 bits per heavy atom. The molecule has 0 spiro atoms. The number of aromatic nitrogens is 2. The zero-order valence-electron chi connectivity index (χ0n) is 11.9. The molecule has 0 saturated carbocycles. The Morgan fingerprint density at radius 1 is 1.10 bits per heavy atom. The highest BCUT2D eigenvalue weighted by molar-refractivity contribution is 5.80. The van der Waals surface area contributed by atoms with Crippen molar-refractivity contribution in [2.45, 2.75) is 19.4 Å². The van der Waals surface area contributed by atoms with Gasteiger partial charge >= 0.3 is 0 Å². The smallest absolute Gasteiger partial charge is 0.0741 e. The Bertz CT molecular complexity index is 694. The topological polar surface area (TPSA) is 29.9 Å². The van der Waals surface area contributed by atoms with Crippen LogP contribution in [0.5, 0.6) is 0 Å². The minimum Gasteiger partial charge on any atom is -0.313 e. The lowest BCUT2D eigenvalue weighted by Gasteiger charge is -2.14. The van der Waals surface area contributed by atoms with Gasteiger partial charge < -0.3 is 5.32 Å². The minimum absolute atomic E-state index is 0.415. The van der Waals surface area contributed by atoms with Gasteiger partial charge in [-0.15, -0.1) is 0 Å². The van der Waals surface area contributed by atoms with E-state index in [4.69, 9.17) is 0 Å². The number of nitrogens with one attached hydrogen (secondary N) is 1. The molecule has 3 heteroatoms. The Balaban J connectivity index is 1.99. The summed E-state index contributed by atoms with van der Waals surface area (Å²) in [6.07, 6.45) is 2.99. The second-order valence-electron chi connectivity index (χ2n) is 4.96. The van der Waals surface area contributed by atoms with E-state index in [9.17, 15) is 0 Å². The number of benzene rings is 2. The number of para-hydroxylation sites is 1. The number of nitrogens with zero attached hydrogens (tertiary/aromatic N) is 2. The molecule has 0 fully saturated rings. The van der Waals surface area contributed by atoms with Gasteiger partial charge in [-0.05, 0) is 37.2 Å². The number of hydrogen-bond acceptors (Lipinski definition) is 2. The maximum Gasteiger partial charge on any atom is 0.0741 e. The van der Waals surface area contributed by atoms with Crippen molar-refractivity contribution in [2.24, 2.45) is 0 Å². The molecule has 0 radical (unpaired) electrons. The van der Waals surface area contributed by atoms with Gasteiger partial charge in [0.25, 0.3) is 0 Å². The van der Waals surface area contributed by atoms with Crippen molar-refractivity contribution in [1.29, 1.82) is 0 Å². The lowest BCUT2D eigenvalue weighted by molar-refractivity contribution is 0.577. The number of rotatable bonds is 4. The Labute approximate surface area is 119 Å². The molecule has 0 bridgehead atoms. The second-order valence-corrected chi connectivity index (χ2v) is 4.96. The standard InChI is InChI=1S/C17H19N3/c1-3-16(18-2)13-8-10-15(11-9-13)20-17-7-5-4-6-14(17)12-19-20/h4-12,16,18H,3H2,1-2H3. The Morgan fingerprint density at radius 2 is 1.85 bits per heavy atom. The van der Waals surface area contributed by atoms with Gasteiger partial charge in [0.15, 0.2) is 0 Å². The van der Waals surface area contributed by atoms with E-state index in [0.29, 0.717) is 6.04 Å². The summed E-state index contributed by atoms with van der Waals surface area (Å²) >= 11 is 0. The van der Waals surface area contributed by atoms with E-state index < -0.39 is 0 Å². The lowest BCUT2D eigenvalue weighted by atomic mass is 10.0. The zero-order chi connectivity index (χ0) is 13.9. The maximum absolute atomic E-state index is 4.48. The first-order chi connectivity index (χ1) is 9.83. The summed E-state index contributed by atoms with van der Waals surface area (Å²) in [6, 6.07) is 17.3. The van der Waals surface area contributed by atoms with Crippen LogP contribution >= 0.6 is 0 Å². The molecule has 1 atom stereocenters.